The van der Waals surface area contributed by atoms with Crippen molar-refractivity contribution in [2.45, 2.75) is 31.9 Å². The van der Waals surface area contributed by atoms with Crippen LogP contribution in [0.4, 0.5) is 5.00 Å². The summed E-state index contributed by atoms with van der Waals surface area (Å²) in [5.41, 5.74) is 0. The number of thiophene rings is 1. The molecule has 2 atom stereocenters. The second kappa shape index (κ2) is 8.59. The third-order valence-electron chi connectivity index (χ3n) is 5.64. The summed E-state index contributed by atoms with van der Waals surface area (Å²) in [6, 6.07) is 5.01. The molecule has 4 rings (SSSR count). The van der Waals surface area contributed by atoms with Gasteiger partial charge in [-0.15, -0.1) is 11.3 Å². The first kappa shape index (κ1) is 18.1. The highest BCUT2D eigenvalue weighted by Crippen LogP contribution is 2.23. The Morgan fingerprint density at radius 3 is 2.96 bits per heavy atom. The molecule has 0 saturated carbocycles. The van der Waals surface area contributed by atoms with Gasteiger partial charge in [0.1, 0.15) is 0 Å². The molecule has 1 aromatic heterocycles. The van der Waals surface area contributed by atoms with Gasteiger partial charge in [0.2, 0.25) is 0 Å². The van der Waals surface area contributed by atoms with E-state index in [1.54, 1.807) is 0 Å². The maximum absolute atomic E-state index is 6.07. The molecule has 3 aliphatic heterocycles. The van der Waals surface area contributed by atoms with E-state index in [1.807, 2.05) is 11.3 Å². The summed E-state index contributed by atoms with van der Waals surface area (Å²) >= 11 is 1.83. The zero-order valence-electron chi connectivity index (χ0n) is 15.8. The first-order chi connectivity index (χ1) is 12.8. The van der Waals surface area contributed by atoms with Gasteiger partial charge in [-0.1, -0.05) is 0 Å². The number of guanidine groups is 1. The van der Waals surface area contributed by atoms with Crippen LogP contribution in [0.5, 0.6) is 0 Å². The molecule has 4 heterocycles. The predicted octanol–water partition coefficient (Wildman–Crippen LogP) is 1.70. The fourth-order valence-corrected chi connectivity index (χ4v) is 4.98. The first-order valence-electron chi connectivity index (χ1n) is 10.0. The number of hydrogen-bond donors (Lipinski definition) is 1. The van der Waals surface area contributed by atoms with Crippen molar-refractivity contribution in [1.29, 1.82) is 0 Å². The van der Waals surface area contributed by atoms with Crippen LogP contribution in [0.15, 0.2) is 22.5 Å². The summed E-state index contributed by atoms with van der Waals surface area (Å²) in [5, 5.41) is 7.01. The van der Waals surface area contributed by atoms with Gasteiger partial charge >= 0.3 is 0 Å². The number of rotatable bonds is 4. The number of fused-ring (bicyclic) bond motifs is 1. The van der Waals surface area contributed by atoms with Gasteiger partial charge in [0.15, 0.2) is 5.96 Å². The SMILES string of the molecule is CCNC(=NCC1CN2CCCC2CO1)N1CCN(c2cccs2)CC1. The summed E-state index contributed by atoms with van der Waals surface area (Å²) in [6.45, 7) is 11.1. The van der Waals surface area contributed by atoms with Crippen LogP contribution in [0, 0.1) is 0 Å². The molecule has 1 N–H and O–H groups in total. The number of piperazine rings is 1. The molecule has 2 unspecified atom stereocenters. The minimum atomic E-state index is 0.241. The number of ether oxygens (including phenoxy) is 1. The van der Waals surface area contributed by atoms with E-state index in [-0.39, 0.29) is 6.10 Å². The lowest BCUT2D eigenvalue weighted by atomic mass is 10.2. The smallest absolute Gasteiger partial charge is 0.194 e. The van der Waals surface area contributed by atoms with Gasteiger partial charge in [0.25, 0.3) is 0 Å². The second-order valence-corrected chi connectivity index (χ2v) is 8.29. The summed E-state index contributed by atoms with van der Waals surface area (Å²) < 4.78 is 6.07. The second-order valence-electron chi connectivity index (χ2n) is 7.37. The van der Waals surface area contributed by atoms with Crippen LogP contribution in [0.1, 0.15) is 19.8 Å². The molecule has 144 valence electrons. The highest BCUT2D eigenvalue weighted by molar-refractivity contribution is 7.14. The molecule has 0 aromatic carbocycles. The van der Waals surface area contributed by atoms with Gasteiger partial charge in [0.05, 0.1) is 24.3 Å². The zero-order valence-corrected chi connectivity index (χ0v) is 16.6. The van der Waals surface area contributed by atoms with Crippen LogP contribution in [-0.2, 0) is 4.74 Å². The quantitative estimate of drug-likeness (QED) is 0.639. The fourth-order valence-electron chi connectivity index (χ4n) is 4.20. The monoisotopic (exact) mass is 377 g/mol. The van der Waals surface area contributed by atoms with E-state index < -0.39 is 0 Å². The van der Waals surface area contributed by atoms with Crippen molar-refractivity contribution >= 4 is 22.3 Å². The zero-order chi connectivity index (χ0) is 17.8. The summed E-state index contributed by atoms with van der Waals surface area (Å²) in [6.07, 6.45) is 2.86. The van der Waals surface area contributed by atoms with Gasteiger partial charge in [-0.25, -0.2) is 0 Å². The molecule has 7 heteroatoms. The average molecular weight is 378 g/mol. The number of nitrogens with one attached hydrogen (secondary N) is 1. The van der Waals surface area contributed by atoms with Crippen molar-refractivity contribution in [2.24, 2.45) is 4.99 Å². The van der Waals surface area contributed by atoms with Crippen molar-refractivity contribution in [2.75, 3.05) is 63.9 Å². The molecule has 1 aromatic rings. The number of aliphatic imine (C=N–C) groups is 1. The van der Waals surface area contributed by atoms with Gasteiger partial charge in [-0.2, -0.15) is 0 Å². The van der Waals surface area contributed by atoms with E-state index in [4.69, 9.17) is 9.73 Å². The van der Waals surface area contributed by atoms with E-state index in [2.05, 4.69) is 44.5 Å². The van der Waals surface area contributed by atoms with Crippen LogP contribution in [0.3, 0.4) is 0 Å². The number of morpholine rings is 1. The highest BCUT2D eigenvalue weighted by Gasteiger charge is 2.32. The minimum absolute atomic E-state index is 0.241. The lowest BCUT2D eigenvalue weighted by Crippen LogP contribution is -2.53. The topological polar surface area (TPSA) is 43.3 Å². The maximum Gasteiger partial charge on any atom is 0.194 e. The molecule has 0 aliphatic carbocycles. The predicted molar refractivity (Wildman–Crippen MR) is 108 cm³/mol. The standard InChI is InChI=1S/C19H31N5OS/c1-2-20-19(21-13-17-14-24-7-3-5-16(24)15-25-17)23-10-8-22(9-11-23)18-6-4-12-26-18/h4,6,12,16-17H,2-3,5,7-11,13-15H2,1H3,(H,20,21). The third kappa shape index (κ3) is 4.15. The number of nitrogens with zero attached hydrogens (tertiary/aromatic N) is 4. The van der Waals surface area contributed by atoms with Crippen molar-refractivity contribution in [1.82, 2.24) is 15.1 Å². The molecule has 0 radical (unpaired) electrons. The van der Waals surface area contributed by atoms with Gasteiger partial charge in [0, 0.05) is 45.3 Å². The molecule has 0 amide bonds. The summed E-state index contributed by atoms with van der Waals surface area (Å²) in [4.78, 5) is 12.4. The highest BCUT2D eigenvalue weighted by atomic mass is 32.1. The number of hydrogen-bond acceptors (Lipinski definition) is 5. The fraction of sp³-hybridized carbons (Fsp3) is 0.737. The largest absolute Gasteiger partial charge is 0.373 e. The Morgan fingerprint density at radius 2 is 2.19 bits per heavy atom. The van der Waals surface area contributed by atoms with E-state index in [9.17, 15) is 0 Å². The molecule has 0 spiro atoms. The maximum atomic E-state index is 6.07. The Labute approximate surface area is 160 Å². The van der Waals surface area contributed by atoms with E-state index in [0.717, 1.165) is 58.4 Å². The lowest BCUT2D eigenvalue weighted by molar-refractivity contribution is -0.0432. The Morgan fingerprint density at radius 1 is 1.31 bits per heavy atom. The van der Waals surface area contributed by atoms with Crippen molar-refractivity contribution in [3.05, 3.63) is 17.5 Å². The van der Waals surface area contributed by atoms with Gasteiger partial charge < -0.3 is 19.9 Å². The Kier molecular flexibility index (Phi) is 5.97. The van der Waals surface area contributed by atoms with E-state index >= 15 is 0 Å². The van der Waals surface area contributed by atoms with Crippen LogP contribution in [0.25, 0.3) is 0 Å². The van der Waals surface area contributed by atoms with E-state index in [1.165, 1.54) is 24.4 Å². The number of anilines is 1. The van der Waals surface area contributed by atoms with Gasteiger partial charge in [-0.3, -0.25) is 9.89 Å². The molecule has 6 nitrogen and oxygen atoms in total. The molecule has 3 aliphatic rings. The van der Waals surface area contributed by atoms with E-state index in [0.29, 0.717) is 6.04 Å². The Balaban J connectivity index is 1.31. The minimum Gasteiger partial charge on any atom is -0.373 e. The average Bonchev–Trinajstić information content (AvgIpc) is 3.36. The van der Waals surface area contributed by atoms with Crippen molar-refractivity contribution in [3.63, 3.8) is 0 Å². The summed E-state index contributed by atoms with van der Waals surface area (Å²) in [5.74, 6) is 1.05. The molecular formula is C19H31N5OS. The van der Waals surface area contributed by atoms with Crippen molar-refractivity contribution in [3.8, 4) is 0 Å². The Bertz CT molecular complexity index is 585. The van der Waals surface area contributed by atoms with Gasteiger partial charge in [-0.05, 0) is 43.8 Å². The van der Waals surface area contributed by atoms with Crippen LogP contribution in [-0.4, -0.2) is 86.9 Å². The molecular weight excluding hydrogens is 346 g/mol. The van der Waals surface area contributed by atoms with Crippen LogP contribution < -0.4 is 10.2 Å². The summed E-state index contributed by atoms with van der Waals surface area (Å²) in [7, 11) is 0. The normalized spacial score (nSPS) is 27.7. The van der Waals surface area contributed by atoms with Crippen molar-refractivity contribution < 1.29 is 4.74 Å². The molecule has 0 bridgehead atoms. The molecule has 3 saturated heterocycles. The lowest BCUT2D eigenvalue weighted by Gasteiger charge is -2.37. The van der Waals surface area contributed by atoms with Crippen LogP contribution in [0.2, 0.25) is 0 Å². The first-order valence-corrected chi connectivity index (χ1v) is 10.9. The third-order valence-corrected chi connectivity index (χ3v) is 6.57. The molecule has 26 heavy (non-hydrogen) atoms. The molecule has 3 fully saturated rings. The Hall–Kier alpha value is -1.31. The van der Waals surface area contributed by atoms with Crippen LogP contribution >= 0.6 is 11.3 Å².